The van der Waals surface area contributed by atoms with Gasteiger partial charge in [-0.3, -0.25) is 0 Å². The summed E-state index contributed by atoms with van der Waals surface area (Å²) in [5.41, 5.74) is 1.50. The Balaban J connectivity index is 2.28. The molecule has 0 atom stereocenters. The maximum absolute atomic E-state index is 2.41. The van der Waals surface area contributed by atoms with E-state index >= 15 is 0 Å². The van der Waals surface area contributed by atoms with Crippen LogP contribution in [0.2, 0.25) is 0 Å². The summed E-state index contributed by atoms with van der Waals surface area (Å²) in [7, 11) is 0. The van der Waals surface area contributed by atoms with E-state index in [0.717, 1.165) is 0 Å². The summed E-state index contributed by atoms with van der Waals surface area (Å²) in [5, 5.41) is 0. The minimum absolute atomic E-state index is 1.20. The van der Waals surface area contributed by atoms with Crippen molar-refractivity contribution in [2.24, 2.45) is 0 Å². The molecule has 1 aromatic heterocycles. The lowest BCUT2D eigenvalue weighted by Gasteiger charge is -2.08. The molecule has 1 heterocycles. The van der Waals surface area contributed by atoms with E-state index in [1.54, 1.807) is 0 Å². The van der Waals surface area contributed by atoms with Crippen LogP contribution >= 0.6 is 33.9 Å². The van der Waals surface area contributed by atoms with Gasteiger partial charge in [-0.05, 0) is 63.6 Å². The molecule has 0 unspecified atom stereocenters. The van der Waals surface area contributed by atoms with Crippen LogP contribution in [0.1, 0.15) is 22.6 Å². The second-order valence-electron chi connectivity index (χ2n) is 3.22. The van der Waals surface area contributed by atoms with E-state index in [9.17, 15) is 0 Å². The van der Waals surface area contributed by atoms with Crippen molar-refractivity contribution in [1.29, 1.82) is 0 Å². The van der Waals surface area contributed by atoms with Crippen molar-refractivity contribution in [3.63, 3.8) is 0 Å². The molecular weight excluding hydrogens is 291 g/mol. The molecular formula is C11H11IS. The summed E-state index contributed by atoms with van der Waals surface area (Å²) >= 11 is 4.31. The maximum atomic E-state index is 2.41. The van der Waals surface area contributed by atoms with Gasteiger partial charge in [0.1, 0.15) is 0 Å². The maximum Gasteiger partial charge on any atom is 0.0305 e. The Morgan fingerprint density at radius 2 is 2.08 bits per heavy atom. The van der Waals surface area contributed by atoms with Crippen molar-refractivity contribution < 1.29 is 0 Å². The lowest BCUT2D eigenvalue weighted by Crippen LogP contribution is -1.86. The molecule has 1 aliphatic carbocycles. The van der Waals surface area contributed by atoms with Crippen molar-refractivity contribution in [2.45, 2.75) is 19.8 Å². The van der Waals surface area contributed by atoms with Crippen molar-refractivity contribution in [3.8, 4) is 0 Å². The number of allylic oxidation sites excluding steroid dienone is 4. The number of halogens is 1. The lowest BCUT2D eigenvalue weighted by molar-refractivity contribution is 1.05. The van der Waals surface area contributed by atoms with Gasteiger partial charge in [-0.2, -0.15) is 0 Å². The van der Waals surface area contributed by atoms with Crippen molar-refractivity contribution in [3.05, 3.63) is 37.6 Å². The highest BCUT2D eigenvalue weighted by Crippen LogP contribution is 2.32. The first-order valence-corrected chi connectivity index (χ1v) is 6.27. The van der Waals surface area contributed by atoms with Crippen molar-refractivity contribution >= 4 is 39.5 Å². The zero-order valence-corrected chi connectivity index (χ0v) is 10.5. The van der Waals surface area contributed by atoms with Crippen LogP contribution in [0, 0.1) is 6.92 Å². The Hall–Kier alpha value is -0.0900. The van der Waals surface area contributed by atoms with Crippen LogP contribution in [-0.2, 0) is 0 Å². The fourth-order valence-electron chi connectivity index (χ4n) is 1.42. The molecule has 0 radical (unpaired) electrons. The smallest absolute Gasteiger partial charge is 0.0305 e. The highest BCUT2D eigenvalue weighted by atomic mass is 127. The van der Waals surface area contributed by atoms with Gasteiger partial charge < -0.3 is 0 Å². The molecule has 13 heavy (non-hydrogen) atoms. The van der Waals surface area contributed by atoms with Crippen LogP contribution in [0.3, 0.4) is 0 Å². The predicted molar refractivity (Wildman–Crippen MR) is 68.4 cm³/mol. The monoisotopic (exact) mass is 302 g/mol. The zero-order chi connectivity index (χ0) is 9.26. The molecule has 2 heteroatoms. The Morgan fingerprint density at radius 3 is 2.62 bits per heavy atom. The lowest BCUT2D eigenvalue weighted by atomic mass is 10.0. The summed E-state index contributed by atoms with van der Waals surface area (Å²) in [5.74, 6) is 0. The summed E-state index contributed by atoms with van der Waals surface area (Å²) in [6.07, 6.45) is 6.91. The zero-order valence-electron chi connectivity index (χ0n) is 7.51. The number of rotatable bonds is 1. The van der Waals surface area contributed by atoms with Gasteiger partial charge in [0.05, 0.1) is 0 Å². The second-order valence-corrected chi connectivity index (χ2v) is 5.89. The number of aryl methyl sites for hydroxylation is 1. The van der Waals surface area contributed by atoms with E-state index in [-0.39, 0.29) is 0 Å². The third kappa shape index (κ3) is 2.23. The largest absolute Gasteiger partial charge is 0.141 e. The Labute approximate surface area is 96.5 Å². The fourth-order valence-corrected chi connectivity index (χ4v) is 2.79. The van der Waals surface area contributed by atoms with Gasteiger partial charge in [0, 0.05) is 9.75 Å². The summed E-state index contributed by atoms with van der Waals surface area (Å²) in [4.78, 5) is 2.85. The quantitative estimate of drug-likeness (QED) is 0.668. The summed E-state index contributed by atoms with van der Waals surface area (Å²) in [6.45, 7) is 2.16. The number of hydrogen-bond donors (Lipinski definition) is 0. The molecule has 0 fully saturated rings. The van der Waals surface area contributed by atoms with E-state index in [0.29, 0.717) is 0 Å². The topological polar surface area (TPSA) is 0 Å². The highest BCUT2D eigenvalue weighted by Gasteiger charge is 2.07. The van der Waals surface area contributed by atoms with E-state index in [1.165, 1.54) is 31.7 Å². The van der Waals surface area contributed by atoms with E-state index < -0.39 is 0 Å². The number of thiophene rings is 1. The molecule has 68 valence electrons. The van der Waals surface area contributed by atoms with Gasteiger partial charge >= 0.3 is 0 Å². The molecule has 0 amide bonds. The second kappa shape index (κ2) is 3.96. The fraction of sp³-hybridized carbons (Fsp3) is 0.273. The Kier molecular flexibility index (Phi) is 2.89. The van der Waals surface area contributed by atoms with Gasteiger partial charge in [-0.15, -0.1) is 11.3 Å². The first-order valence-electron chi connectivity index (χ1n) is 4.38. The first kappa shape index (κ1) is 9.46. The van der Waals surface area contributed by atoms with Gasteiger partial charge in [-0.25, -0.2) is 0 Å². The molecule has 1 aromatic rings. The van der Waals surface area contributed by atoms with Crippen LogP contribution < -0.4 is 0 Å². The van der Waals surface area contributed by atoms with Crippen LogP contribution in [0.15, 0.2) is 27.9 Å². The third-order valence-electron chi connectivity index (χ3n) is 2.16. The summed E-state index contributed by atoms with van der Waals surface area (Å²) < 4.78 is 1.47. The minimum atomic E-state index is 1.20. The third-order valence-corrected chi connectivity index (χ3v) is 4.13. The Bertz CT molecular complexity index is 371. The van der Waals surface area contributed by atoms with Crippen LogP contribution in [0.5, 0.6) is 0 Å². The molecule has 0 nitrogen and oxygen atoms in total. The molecule has 0 N–H and O–H groups in total. The van der Waals surface area contributed by atoms with Gasteiger partial charge in [0.25, 0.3) is 0 Å². The molecule has 0 bridgehead atoms. The van der Waals surface area contributed by atoms with Crippen molar-refractivity contribution in [2.75, 3.05) is 0 Å². The van der Waals surface area contributed by atoms with Crippen molar-refractivity contribution in [1.82, 2.24) is 0 Å². The normalized spacial score (nSPS) is 16.8. The molecule has 0 aliphatic heterocycles. The average molecular weight is 302 g/mol. The average Bonchev–Trinajstić information content (AvgIpc) is 2.53. The van der Waals surface area contributed by atoms with Crippen LogP contribution in [-0.4, -0.2) is 0 Å². The number of hydrogen-bond acceptors (Lipinski definition) is 1. The highest BCUT2D eigenvalue weighted by molar-refractivity contribution is 14.1. The molecule has 2 rings (SSSR count). The van der Waals surface area contributed by atoms with Crippen LogP contribution in [0.4, 0.5) is 0 Å². The molecule has 0 spiro atoms. The minimum Gasteiger partial charge on any atom is -0.141 e. The van der Waals surface area contributed by atoms with Gasteiger partial charge in [-0.1, -0.05) is 12.2 Å². The Morgan fingerprint density at radius 1 is 1.23 bits per heavy atom. The molecule has 0 aromatic carbocycles. The van der Waals surface area contributed by atoms with Crippen LogP contribution in [0.25, 0.3) is 5.57 Å². The van der Waals surface area contributed by atoms with E-state index in [1.807, 2.05) is 11.3 Å². The van der Waals surface area contributed by atoms with Gasteiger partial charge in [0.15, 0.2) is 0 Å². The molecule has 0 saturated carbocycles. The molecule has 0 saturated heterocycles. The van der Waals surface area contributed by atoms with E-state index in [4.69, 9.17) is 0 Å². The predicted octanol–water partition coefficient (Wildman–Crippen LogP) is 4.55. The van der Waals surface area contributed by atoms with E-state index in [2.05, 4.69) is 53.8 Å². The molecule has 1 aliphatic rings. The SMILES string of the molecule is Cc1ccc(C2=CC=C(I)CC2)s1. The first-order chi connectivity index (χ1) is 6.25. The standard InChI is InChI=1S/C11H11IS/c1-8-2-7-11(13-8)9-3-5-10(12)6-4-9/h2-3,5,7H,4,6H2,1H3. The van der Waals surface area contributed by atoms with Gasteiger partial charge in [0.2, 0.25) is 0 Å². The summed E-state index contributed by atoms with van der Waals surface area (Å²) in [6, 6.07) is 4.43.